The number of fused-ring (bicyclic) bond motifs is 14. The van der Waals surface area contributed by atoms with Crippen molar-refractivity contribution in [2.75, 3.05) is 13.2 Å². The average Bonchev–Trinajstić information content (AvgIpc) is 0.761. The molecule has 0 aliphatic carbocycles. The van der Waals surface area contributed by atoms with Crippen LogP contribution in [0.4, 0.5) is 0 Å². The Balaban J connectivity index is 1.06. The summed E-state index contributed by atoms with van der Waals surface area (Å²) in [6.45, 7) is -1.08. The predicted octanol–water partition coefficient (Wildman–Crippen LogP) is -0.0832. The van der Waals surface area contributed by atoms with Crippen LogP contribution in [-0.2, 0) is 52.6 Å². The van der Waals surface area contributed by atoms with Gasteiger partial charge in [0.1, 0.15) is 137 Å². The van der Waals surface area contributed by atoms with E-state index in [1.165, 1.54) is 12.1 Å². The summed E-state index contributed by atoms with van der Waals surface area (Å²) in [4.78, 5) is 121. The number of carboxylic acid groups (broad SMARTS) is 1. The van der Waals surface area contributed by atoms with E-state index in [0.717, 1.165) is 110 Å². The fourth-order valence-corrected chi connectivity index (χ4v) is 14.0. The Morgan fingerprint density at radius 2 is 1.04 bits per heavy atom. The number of nitrogens with two attached hydrogens (primary N) is 1. The van der Waals surface area contributed by atoms with Crippen molar-refractivity contribution >= 4 is 70.5 Å². The lowest BCUT2D eigenvalue weighted by molar-refractivity contribution is -0.284. The van der Waals surface area contributed by atoms with Gasteiger partial charge in [0, 0.05) is 35.7 Å². The van der Waals surface area contributed by atoms with Gasteiger partial charge in [0.15, 0.2) is 35.3 Å². The van der Waals surface area contributed by atoms with E-state index < -0.39 is 267 Å². The van der Waals surface area contributed by atoms with Crippen LogP contribution in [0, 0.1) is 0 Å². The molecule has 7 aromatic carbocycles. The smallest absolute Gasteiger partial charge is 0.330 e. The van der Waals surface area contributed by atoms with E-state index >= 15 is 24.0 Å². The first-order valence-corrected chi connectivity index (χ1v) is 34.4. The molecule has 0 saturated carbocycles. The molecule has 8 aliphatic rings. The van der Waals surface area contributed by atoms with Crippen LogP contribution in [0.3, 0.4) is 0 Å². The highest BCUT2D eigenvalue weighted by atomic mass is 35.5. The molecule has 7 amide bonds. The summed E-state index contributed by atoms with van der Waals surface area (Å²) >= 11 is 14.1. The number of aliphatic hydroxyl groups excluding tert-OH is 8. The van der Waals surface area contributed by atoms with E-state index in [9.17, 15) is 85.9 Å². The molecule has 37 nitrogen and oxygen atoms in total. The minimum Gasteiger partial charge on any atom is -0.508 e. The van der Waals surface area contributed by atoms with Crippen molar-refractivity contribution < 1.29 is 143 Å². The largest absolute Gasteiger partial charge is 0.508 e. The molecule has 7 aromatic rings. The monoisotopic (exact) mass is 1580 g/mol. The molecule has 15 rings (SSSR count). The van der Waals surface area contributed by atoms with E-state index in [1.807, 2.05) is 0 Å². The number of benzene rings is 7. The Morgan fingerprint density at radius 1 is 0.505 bits per heavy atom. The van der Waals surface area contributed by atoms with Crippen LogP contribution >= 0.6 is 23.2 Å². The Hall–Kier alpha value is -11.4. The van der Waals surface area contributed by atoms with Gasteiger partial charge in [-0.3, -0.25) is 33.6 Å². The summed E-state index contributed by atoms with van der Waals surface area (Å²) in [6, 6.07) is 1.69. The topological polar surface area (TPSA) is 595 Å². The first kappa shape index (κ1) is 77.7. The maximum Gasteiger partial charge on any atom is 0.330 e. The van der Waals surface area contributed by atoms with E-state index in [0.29, 0.717) is 0 Å². The quantitative estimate of drug-likeness (QED) is 0.0946. The maximum atomic E-state index is 16.4. The van der Waals surface area contributed by atoms with Crippen molar-refractivity contribution in [2.45, 2.75) is 123 Å². The molecular formula is C72H68Cl2N8O29. The van der Waals surface area contributed by atoms with Gasteiger partial charge in [-0.05, 0) is 112 Å². The summed E-state index contributed by atoms with van der Waals surface area (Å²) in [5, 5.41) is 175. The van der Waals surface area contributed by atoms with E-state index in [1.54, 1.807) is 0 Å². The Morgan fingerprint density at radius 3 is 1.67 bits per heavy atom. The highest BCUT2D eigenvalue weighted by Gasteiger charge is 2.51. The Kier molecular flexibility index (Phi) is 21.8. The van der Waals surface area contributed by atoms with Crippen LogP contribution in [0.15, 0.2) is 115 Å². The number of carboxylic acids is 1. The second-order valence-corrected chi connectivity index (χ2v) is 27.3. The fourth-order valence-electron chi connectivity index (χ4n) is 13.5. The molecule has 0 radical (unpaired) electrons. The lowest BCUT2D eigenvalue weighted by Gasteiger charge is -2.44. The molecule has 8 aliphatic heterocycles. The SMILES string of the molecule is CC(=O)N[C@H]1[C@H](O[C@@H]2c3ccc(c(Cl)c3)Oc3cc4cc(c3O)Oc3ccc(cc3Cl)[C@@H](O)[C@H]3NC(=O)[C@H](N)c5ccc(O)c(c5)Oc5cc(O)cc(c5)[C@H](NC3=O)C(=O)N[C@H]4C(=O)N[C@@H]3C(=O)N[C@@H]2C(=O)N[C@H](C(=O)O)c2cc(O)cc(O[C@@H]4O[C@H](CO)[C@@H](O)[C@H](O)[C@H]4O)c2-c2cc3ccc2O)O[C@H](CO)[C@@H](O)[C@@H]1O. The summed E-state index contributed by atoms with van der Waals surface area (Å²) in [5.74, 6) is -19.1. The summed E-state index contributed by atoms with van der Waals surface area (Å²) < 4.78 is 42.9. The van der Waals surface area contributed by atoms with Gasteiger partial charge in [-0.2, -0.15) is 0 Å². The van der Waals surface area contributed by atoms with E-state index in [2.05, 4.69) is 37.2 Å². The summed E-state index contributed by atoms with van der Waals surface area (Å²) in [5.41, 5.74) is 2.48. The van der Waals surface area contributed by atoms with Crippen molar-refractivity contribution in [3.05, 3.63) is 164 Å². The molecule has 39 heteroatoms. The second kappa shape index (κ2) is 31.2. The molecule has 0 spiro atoms. The molecule has 19 atom stereocenters. The third-order valence-electron chi connectivity index (χ3n) is 19.2. The van der Waals surface area contributed by atoms with Crippen LogP contribution in [0.1, 0.15) is 88.3 Å². The number of hydrogen-bond acceptors (Lipinski definition) is 29. The number of nitrogens with one attached hydrogen (secondary N) is 7. The molecule has 0 aromatic heterocycles. The molecule has 2 saturated heterocycles. The summed E-state index contributed by atoms with van der Waals surface area (Å²) in [6.07, 6.45) is -22.5. The van der Waals surface area contributed by atoms with Gasteiger partial charge in [0.25, 0.3) is 0 Å². The average molecular weight is 1580 g/mol. The molecule has 0 unspecified atom stereocenters. The summed E-state index contributed by atoms with van der Waals surface area (Å²) in [7, 11) is 0. The van der Waals surface area contributed by atoms with Gasteiger partial charge in [0.05, 0.1) is 23.3 Å². The number of carbonyl (C=O) groups excluding carboxylic acids is 7. The lowest BCUT2D eigenvalue weighted by atomic mass is 9.89. The van der Waals surface area contributed by atoms with E-state index in [4.69, 9.17) is 62.1 Å². The molecule has 584 valence electrons. The Labute approximate surface area is 634 Å². The Bertz CT molecular complexity index is 4920. The van der Waals surface area contributed by atoms with Gasteiger partial charge in [0.2, 0.25) is 53.4 Å². The number of rotatable bonds is 8. The van der Waals surface area contributed by atoms with Gasteiger partial charge in [-0.15, -0.1) is 0 Å². The zero-order valence-electron chi connectivity index (χ0n) is 57.1. The minimum atomic E-state index is -2.52. The number of phenolic OH excluding ortho intramolecular Hbond substituents is 5. The third-order valence-corrected chi connectivity index (χ3v) is 19.7. The maximum absolute atomic E-state index is 16.4. The van der Waals surface area contributed by atoms with Gasteiger partial charge in [-0.1, -0.05) is 47.5 Å². The number of aliphatic hydroxyl groups is 8. The highest BCUT2D eigenvalue weighted by molar-refractivity contribution is 6.32. The van der Waals surface area contributed by atoms with Crippen LogP contribution in [0.25, 0.3) is 11.1 Å². The zero-order valence-corrected chi connectivity index (χ0v) is 58.6. The van der Waals surface area contributed by atoms with Crippen LogP contribution in [-0.4, -0.2) is 205 Å². The molecule has 23 N–H and O–H groups in total. The number of halogens is 2. The van der Waals surface area contributed by atoms with Gasteiger partial charge in [-0.25, -0.2) is 4.79 Å². The standard InChI is InChI=1S/C72H68Cl2N8O29/c1-23(85)76-54-60(94)58(92)45(21-83)109-71(54)111-63-27-5-9-40(36(74)14-27)107-44-17-29-16-43(57(44)91)106-39-8-4-26(13-35(39)73)56(90)53-68(101)79-50(28-10-30(86)18-32(11-28)105-41-15-24(2-7-38(41)89)48(75)64(97)81-53)66(99)78-51(29)67(100)77-49-25-3-6-37(88)33(12-25)47-34(52(70(103)104)80-69(102)55(63)82-65(49)98)19-31(87)20-42(47)108-72-62(96)61(95)59(93)46(22-84)110-72/h2-20,45-46,48-56,58-63,71-72,83-84,86-96H,21-22,75H2,1H3,(H,76,85)(H,77,100)(H,78,99)(H,79,101)(H,80,102)(H,81,97)(H,82,98)(H,103,104)/t45-,46-,48-,49+,50+,51-,52+,53-,54-,55+,56-,58-,59-,60-,61+,62-,63-,71+,72-/m1/s1. The number of aromatic hydroxyl groups is 5. The first-order chi connectivity index (χ1) is 52.8. The number of ether oxygens (including phenoxy) is 7. The van der Waals surface area contributed by atoms with Crippen molar-refractivity contribution in [2.24, 2.45) is 5.73 Å². The number of amides is 7. The van der Waals surface area contributed by atoms with Crippen LogP contribution in [0.5, 0.6) is 69.0 Å². The number of hydrogen-bond donors (Lipinski definition) is 22. The zero-order chi connectivity index (χ0) is 79.6. The molecule has 111 heavy (non-hydrogen) atoms. The molecule has 17 bridgehead atoms. The minimum absolute atomic E-state index is 0.0160. The van der Waals surface area contributed by atoms with Crippen molar-refractivity contribution in [3.63, 3.8) is 0 Å². The van der Waals surface area contributed by atoms with Crippen molar-refractivity contribution in [1.29, 1.82) is 0 Å². The highest BCUT2D eigenvalue weighted by Crippen LogP contribution is 2.50. The number of aliphatic carboxylic acids is 1. The van der Waals surface area contributed by atoms with Crippen molar-refractivity contribution in [3.8, 4) is 80.1 Å². The van der Waals surface area contributed by atoms with Crippen LogP contribution in [0.2, 0.25) is 10.0 Å². The third kappa shape index (κ3) is 15.4. The van der Waals surface area contributed by atoms with Crippen molar-refractivity contribution in [1.82, 2.24) is 37.2 Å². The van der Waals surface area contributed by atoms with Gasteiger partial charge < -0.3 is 148 Å². The number of phenols is 5. The molecule has 8 heterocycles. The predicted molar refractivity (Wildman–Crippen MR) is 373 cm³/mol. The fraction of sp³-hybridized carbons (Fsp3) is 0.306. The number of carbonyl (C=O) groups is 8. The lowest BCUT2D eigenvalue weighted by Crippen LogP contribution is -2.65. The first-order valence-electron chi connectivity index (χ1n) is 33.7. The normalized spacial score (nSPS) is 28.6. The van der Waals surface area contributed by atoms with E-state index in [-0.39, 0.29) is 39.0 Å². The van der Waals surface area contributed by atoms with Crippen LogP contribution < -0.4 is 61.9 Å². The molecule has 2 fully saturated rings. The second-order valence-electron chi connectivity index (χ2n) is 26.5. The van der Waals surface area contributed by atoms with Gasteiger partial charge >= 0.3 is 5.97 Å². The molecular weight excluding hydrogens is 1510 g/mol.